The first kappa shape index (κ1) is 10.5. The molecule has 0 unspecified atom stereocenters. The first-order valence-electron chi connectivity index (χ1n) is 5.90. The van der Waals surface area contributed by atoms with Crippen LogP contribution >= 0.6 is 0 Å². The molecular formula is C12H15FN4. The number of nitrogens with one attached hydrogen (secondary N) is 1. The first-order chi connectivity index (χ1) is 8.27. The summed E-state index contributed by atoms with van der Waals surface area (Å²) in [4.78, 5) is 4.13. The molecule has 4 nitrogen and oxygen atoms in total. The summed E-state index contributed by atoms with van der Waals surface area (Å²) in [6, 6.07) is 5.32. The molecule has 0 radical (unpaired) electrons. The monoisotopic (exact) mass is 234 g/mol. The summed E-state index contributed by atoms with van der Waals surface area (Å²) < 4.78 is 15.6. The molecule has 0 bridgehead atoms. The molecule has 3 N–H and O–H groups in total. The summed E-state index contributed by atoms with van der Waals surface area (Å²) in [5, 5.41) is 3.31. The summed E-state index contributed by atoms with van der Waals surface area (Å²) in [6.45, 7) is 1.94. The van der Waals surface area contributed by atoms with Crippen LogP contribution in [0.4, 0.5) is 10.3 Å². The van der Waals surface area contributed by atoms with Crippen molar-refractivity contribution < 1.29 is 4.39 Å². The number of fused-ring (bicyclic) bond motifs is 1. The van der Waals surface area contributed by atoms with Gasteiger partial charge in [-0.15, -0.1) is 0 Å². The Labute approximate surface area is 98.6 Å². The highest BCUT2D eigenvalue weighted by atomic mass is 19.1. The Hall–Kier alpha value is -1.62. The van der Waals surface area contributed by atoms with Crippen LogP contribution in [0, 0.1) is 5.82 Å². The quantitative estimate of drug-likeness (QED) is 0.789. The fraction of sp³-hybridized carbons (Fsp3) is 0.417. The Kier molecular flexibility index (Phi) is 2.48. The van der Waals surface area contributed by atoms with Gasteiger partial charge in [0.2, 0.25) is 5.95 Å². The molecular weight excluding hydrogens is 219 g/mol. The second-order valence-corrected chi connectivity index (χ2v) is 4.43. The molecule has 2 aromatic rings. The van der Waals surface area contributed by atoms with Crippen LogP contribution in [-0.2, 0) is 0 Å². The molecule has 0 aliphatic carbocycles. The number of rotatable bonds is 1. The predicted octanol–water partition coefficient (Wildman–Crippen LogP) is 1.68. The maximum atomic E-state index is 13.6. The fourth-order valence-electron chi connectivity index (χ4n) is 2.55. The summed E-state index contributed by atoms with van der Waals surface area (Å²) in [5.74, 6) is 0.110. The molecule has 1 aromatic heterocycles. The van der Waals surface area contributed by atoms with Gasteiger partial charge in [-0.25, -0.2) is 9.37 Å². The van der Waals surface area contributed by atoms with E-state index in [1.165, 1.54) is 6.07 Å². The maximum Gasteiger partial charge on any atom is 0.201 e. The lowest BCUT2D eigenvalue weighted by Gasteiger charge is -2.25. The number of nitrogen functional groups attached to an aromatic ring is 1. The van der Waals surface area contributed by atoms with Crippen LogP contribution in [-0.4, -0.2) is 22.6 Å². The van der Waals surface area contributed by atoms with E-state index in [9.17, 15) is 4.39 Å². The van der Waals surface area contributed by atoms with Crippen LogP contribution in [0.15, 0.2) is 18.2 Å². The van der Waals surface area contributed by atoms with E-state index >= 15 is 0 Å². The van der Waals surface area contributed by atoms with Gasteiger partial charge in [0.1, 0.15) is 5.52 Å². The van der Waals surface area contributed by atoms with Crippen molar-refractivity contribution in [3.05, 3.63) is 24.0 Å². The molecule has 1 saturated heterocycles. The highest BCUT2D eigenvalue weighted by molar-refractivity contribution is 5.79. The van der Waals surface area contributed by atoms with Crippen LogP contribution < -0.4 is 11.1 Å². The molecule has 0 spiro atoms. The van der Waals surface area contributed by atoms with Gasteiger partial charge in [0, 0.05) is 6.04 Å². The number of halogens is 1. The number of nitrogens with zero attached hydrogens (tertiary/aromatic N) is 2. The second-order valence-electron chi connectivity index (χ2n) is 4.43. The van der Waals surface area contributed by atoms with Crippen LogP contribution in [0.1, 0.15) is 18.9 Å². The third-order valence-corrected chi connectivity index (χ3v) is 3.37. The lowest BCUT2D eigenvalue weighted by Crippen LogP contribution is -2.29. The molecule has 0 amide bonds. The molecule has 5 heteroatoms. The van der Waals surface area contributed by atoms with Crippen LogP contribution in [0.2, 0.25) is 0 Å². The predicted molar refractivity (Wildman–Crippen MR) is 65.2 cm³/mol. The molecule has 1 fully saturated rings. The van der Waals surface area contributed by atoms with Crippen LogP contribution in [0.5, 0.6) is 0 Å². The number of anilines is 1. The summed E-state index contributed by atoms with van der Waals surface area (Å²) in [7, 11) is 0. The molecule has 0 saturated carbocycles. The number of para-hydroxylation sites is 1. The van der Waals surface area contributed by atoms with E-state index in [4.69, 9.17) is 5.73 Å². The molecule has 1 aliphatic heterocycles. The van der Waals surface area contributed by atoms with Gasteiger partial charge in [0.15, 0.2) is 5.82 Å². The molecule has 0 atom stereocenters. The lowest BCUT2D eigenvalue weighted by atomic mass is 10.1. The Morgan fingerprint density at radius 1 is 1.35 bits per heavy atom. The zero-order valence-corrected chi connectivity index (χ0v) is 9.49. The van der Waals surface area contributed by atoms with Crippen molar-refractivity contribution in [3.63, 3.8) is 0 Å². The average molecular weight is 234 g/mol. The topological polar surface area (TPSA) is 55.9 Å². The normalized spacial score (nSPS) is 17.7. The molecule has 3 rings (SSSR count). The highest BCUT2D eigenvalue weighted by Crippen LogP contribution is 2.28. The van der Waals surface area contributed by atoms with Gasteiger partial charge in [-0.1, -0.05) is 6.07 Å². The third kappa shape index (κ3) is 1.67. The summed E-state index contributed by atoms with van der Waals surface area (Å²) >= 11 is 0. The van der Waals surface area contributed by atoms with Gasteiger partial charge < -0.3 is 15.6 Å². The fourth-order valence-corrected chi connectivity index (χ4v) is 2.55. The molecule has 1 aromatic carbocycles. The zero-order valence-electron chi connectivity index (χ0n) is 9.49. The van der Waals surface area contributed by atoms with E-state index in [1.807, 2.05) is 10.6 Å². The van der Waals surface area contributed by atoms with Crippen molar-refractivity contribution in [2.75, 3.05) is 18.8 Å². The number of piperidine rings is 1. The third-order valence-electron chi connectivity index (χ3n) is 3.37. The Balaban J connectivity index is 2.14. The maximum absolute atomic E-state index is 13.6. The minimum absolute atomic E-state index is 0.304. The number of hydrogen-bond acceptors (Lipinski definition) is 3. The number of benzene rings is 1. The van der Waals surface area contributed by atoms with Gasteiger partial charge in [0.25, 0.3) is 0 Å². The molecule has 90 valence electrons. The Morgan fingerprint density at radius 2 is 2.12 bits per heavy atom. The van der Waals surface area contributed by atoms with E-state index < -0.39 is 0 Å². The minimum Gasteiger partial charge on any atom is -0.369 e. The van der Waals surface area contributed by atoms with Crippen molar-refractivity contribution in [1.29, 1.82) is 0 Å². The van der Waals surface area contributed by atoms with Crippen LogP contribution in [0.25, 0.3) is 11.0 Å². The SMILES string of the molecule is Nc1nc2c(F)cccc2n1C1CCNCC1. The number of hydrogen-bond donors (Lipinski definition) is 2. The largest absolute Gasteiger partial charge is 0.369 e. The number of imidazole rings is 1. The van der Waals surface area contributed by atoms with Gasteiger partial charge in [-0.2, -0.15) is 0 Å². The first-order valence-corrected chi connectivity index (χ1v) is 5.90. The van der Waals surface area contributed by atoms with Crippen LogP contribution in [0.3, 0.4) is 0 Å². The van der Waals surface area contributed by atoms with Gasteiger partial charge >= 0.3 is 0 Å². The van der Waals surface area contributed by atoms with Crippen molar-refractivity contribution in [3.8, 4) is 0 Å². The minimum atomic E-state index is -0.304. The van der Waals surface area contributed by atoms with E-state index in [1.54, 1.807) is 6.07 Å². The second kappa shape index (κ2) is 4.00. The van der Waals surface area contributed by atoms with E-state index in [-0.39, 0.29) is 5.82 Å². The number of aromatic nitrogens is 2. The van der Waals surface area contributed by atoms with E-state index in [0.717, 1.165) is 31.4 Å². The number of nitrogens with two attached hydrogens (primary N) is 1. The average Bonchev–Trinajstić information content (AvgIpc) is 2.68. The smallest absolute Gasteiger partial charge is 0.201 e. The van der Waals surface area contributed by atoms with Gasteiger partial charge in [-0.05, 0) is 38.1 Å². The van der Waals surface area contributed by atoms with Crippen molar-refractivity contribution in [1.82, 2.24) is 14.9 Å². The molecule has 17 heavy (non-hydrogen) atoms. The van der Waals surface area contributed by atoms with Crippen molar-refractivity contribution in [2.45, 2.75) is 18.9 Å². The van der Waals surface area contributed by atoms with Gasteiger partial charge in [-0.3, -0.25) is 0 Å². The standard InChI is InChI=1S/C12H15FN4/c13-9-2-1-3-10-11(9)16-12(14)17(10)8-4-6-15-7-5-8/h1-3,8,15H,4-7H2,(H2,14,16). The Bertz CT molecular complexity index is 543. The van der Waals surface area contributed by atoms with Gasteiger partial charge in [0.05, 0.1) is 5.52 Å². The van der Waals surface area contributed by atoms with E-state index in [2.05, 4.69) is 10.3 Å². The van der Waals surface area contributed by atoms with Crippen molar-refractivity contribution >= 4 is 17.0 Å². The summed E-state index contributed by atoms with van der Waals surface area (Å²) in [5.41, 5.74) is 7.10. The van der Waals surface area contributed by atoms with Crippen molar-refractivity contribution in [2.24, 2.45) is 0 Å². The van der Waals surface area contributed by atoms with E-state index in [0.29, 0.717) is 17.5 Å². The summed E-state index contributed by atoms with van der Waals surface area (Å²) in [6.07, 6.45) is 2.01. The zero-order chi connectivity index (χ0) is 11.8. The Morgan fingerprint density at radius 3 is 2.88 bits per heavy atom. The lowest BCUT2D eigenvalue weighted by molar-refractivity contribution is 0.378. The molecule has 1 aliphatic rings. The molecule has 2 heterocycles. The highest BCUT2D eigenvalue weighted by Gasteiger charge is 2.20.